The van der Waals surface area contributed by atoms with Crippen LogP contribution in [0.1, 0.15) is 18.7 Å². The van der Waals surface area contributed by atoms with Crippen molar-refractivity contribution >= 4 is 21.9 Å². The van der Waals surface area contributed by atoms with Gasteiger partial charge in [-0.25, -0.2) is 4.98 Å². The summed E-state index contributed by atoms with van der Waals surface area (Å²) in [6.07, 6.45) is 3.80. The Morgan fingerprint density at radius 2 is 2.04 bits per heavy atom. The van der Waals surface area contributed by atoms with Crippen molar-refractivity contribution in [3.63, 3.8) is 0 Å². The van der Waals surface area contributed by atoms with Gasteiger partial charge in [0.15, 0.2) is 0 Å². The van der Waals surface area contributed by atoms with E-state index in [0.29, 0.717) is 45.6 Å². The van der Waals surface area contributed by atoms with Gasteiger partial charge in [0.1, 0.15) is 11.3 Å². The highest BCUT2D eigenvalue weighted by atomic mass is 16.5. The number of hydrogen-bond donors (Lipinski definition) is 1. The Morgan fingerprint density at radius 3 is 2.84 bits per heavy atom. The fourth-order valence-electron chi connectivity index (χ4n) is 3.57. The largest absolute Gasteiger partial charge is 0.388 e. The molecule has 0 spiro atoms. The maximum absolute atomic E-state index is 11.0. The number of benzene rings is 1. The highest BCUT2D eigenvalue weighted by molar-refractivity contribution is 6.02. The molecule has 6 heteroatoms. The average molecular weight is 341 g/mol. The van der Waals surface area contributed by atoms with E-state index in [-0.39, 0.29) is 0 Å². The van der Waals surface area contributed by atoms with Crippen LogP contribution >= 0.6 is 0 Å². The van der Waals surface area contributed by atoms with Crippen LogP contribution in [0.5, 0.6) is 0 Å². The number of imidazole rings is 1. The molecule has 0 bridgehead atoms. The van der Waals surface area contributed by atoms with Gasteiger partial charge in [-0.05, 0) is 6.07 Å². The molecule has 25 heavy (non-hydrogen) atoms. The Morgan fingerprint density at radius 1 is 1.24 bits per heavy atom. The molecule has 3 aromatic rings. The Balaban J connectivity index is 1.86. The number of fused-ring (bicyclic) bond motifs is 3. The number of aromatic nitrogens is 3. The normalized spacial score (nSPS) is 17.4. The van der Waals surface area contributed by atoms with Gasteiger partial charge in [-0.2, -0.15) is 0 Å². The predicted octanol–water partition coefficient (Wildman–Crippen LogP) is 2.31. The summed E-state index contributed by atoms with van der Waals surface area (Å²) >= 11 is 0. The molecular weight excluding hydrogens is 318 g/mol. The lowest BCUT2D eigenvalue weighted by atomic mass is 9.94. The lowest BCUT2D eigenvalue weighted by molar-refractivity contribution is -0.0726. The van der Waals surface area contributed by atoms with Crippen molar-refractivity contribution in [3.8, 4) is 0 Å². The van der Waals surface area contributed by atoms with Crippen molar-refractivity contribution in [1.29, 1.82) is 0 Å². The minimum Gasteiger partial charge on any atom is -0.388 e. The first-order chi connectivity index (χ1) is 12.2. The third-order valence-corrected chi connectivity index (χ3v) is 4.96. The molecule has 0 unspecified atom stereocenters. The highest BCUT2D eigenvalue weighted by Gasteiger charge is 2.32. The summed E-state index contributed by atoms with van der Waals surface area (Å²) in [6, 6.07) is 8.07. The van der Waals surface area contributed by atoms with Crippen LogP contribution in [-0.4, -0.2) is 52.2 Å². The van der Waals surface area contributed by atoms with Crippen LogP contribution < -0.4 is 0 Å². The lowest BCUT2D eigenvalue weighted by Gasteiger charge is -2.33. The number of hydrogen-bond acceptors (Lipinski definition) is 5. The Bertz CT molecular complexity index is 884. The van der Waals surface area contributed by atoms with Crippen LogP contribution in [0, 0.1) is 0 Å². The number of rotatable bonds is 5. The van der Waals surface area contributed by atoms with E-state index in [1.165, 1.54) is 0 Å². The van der Waals surface area contributed by atoms with Gasteiger partial charge in [-0.15, -0.1) is 0 Å². The van der Waals surface area contributed by atoms with E-state index in [2.05, 4.69) is 15.6 Å². The minimum absolute atomic E-state index is 0.514. The number of aliphatic hydroxyl groups is 1. The van der Waals surface area contributed by atoms with Crippen LogP contribution in [0.4, 0.5) is 0 Å². The molecule has 0 atom stereocenters. The number of para-hydroxylation sites is 1. The van der Waals surface area contributed by atoms with E-state index in [1.54, 1.807) is 7.11 Å². The first-order valence-electron chi connectivity index (χ1n) is 8.72. The fraction of sp³-hybridized carbons (Fsp3) is 0.474. The van der Waals surface area contributed by atoms with Crippen LogP contribution in [0.15, 0.2) is 30.5 Å². The van der Waals surface area contributed by atoms with Gasteiger partial charge in [0, 0.05) is 45.0 Å². The van der Waals surface area contributed by atoms with E-state index in [4.69, 9.17) is 14.5 Å². The molecule has 2 aromatic heterocycles. The third kappa shape index (κ3) is 3.13. The molecule has 1 N–H and O–H groups in total. The molecular formula is C19H23N3O3. The van der Waals surface area contributed by atoms with Crippen LogP contribution in [0.2, 0.25) is 0 Å². The number of ether oxygens (including phenoxy) is 2. The molecule has 6 nitrogen and oxygen atoms in total. The topological polar surface area (TPSA) is 69.4 Å². The second-order valence-corrected chi connectivity index (χ2v) is 6.70. The van der Waals surface area contributed by atoms with Crippen molar-refractivity contribution < 1.29 is 14.6 Å². The van der Waals surface area contributed by atoms with Crippen molar-refractivity contribution in [2.75, 3.05) is 26.9 Å². The molecule has 1 aliphatic heterocycles. The zero-order chi connectivity index (χ0) is 17.3. The first-order valence-corrected chi connectivity index (χ1v) is 8.72. The number of nitrogens with zero attached hydrogens (tertiary/aromatic N) is 3. The third-order valence-electron chi connectivity index (χ3n) is 4.96. The van der Waals surface area contributed by atoms with Gasteiger partial charge >= 0.3 is 0 Å². The number of pyridine rings is 1. The monoisotopic (exact) mass is 341 g/mol. The molecule has 1 saturated heterocycles. The summed E-state index contributed by atoms with van der Waals surface area (Å²) in [5, 5.41) is 12.1. The fourth-order valence-corrected chi connectivity index (χ4v) is 3.57. The van der Waals surface area contributed by atoms with Crippen LogP contribution in [0.25, 0.3) is 21.9 Å². The molecule has 3 heterocycles. The van der Waals surface area contributed by atoms with Crippen molar-refractivity contribution in [1.82, 2.24) is 14.5 Å². The Labute approximate surface area is 146 Å². The lowest BCUT2D eigenvalue weighted by Crippen LogP contribution is -2.40. The van der Waals surface area contributed by atoms with Crippen LogP contribution in [-0.2, 0) is 22.4 Å². The van der Waals surface area contributed by atoms with Gasteiger partial charge in [0.2, 0.25) is 0 Å². The van der Waals surface area contributed by atoms with Crippen molar-refractivity contribution in [3.05, 3.63) is 36.3 Å². The second-order valence-electron chi connectivity index (χ2n) is 6.70. The van der Waals surface area contributed by atoms with Gasteiger partial charge in [-0.1, -0.05) is 18.2 Å². The summed E-state index contributed by atoms with van der Waals surface area (Å²) in [5.41, 5.74) is 2.07. The van der Waals surface area contributed by atoms with Gasteiger partial charge in [-0.3, -0.25) is 4.98 Å². The molecule has 132 valence electrons. The smallest absolute Gasteiger partial charge is 0.112 e. The molecule has 1 aliphatic rings. The minimum atomic E-state index is -0.766. The Kier molecular flexibility index (Phi) is 4.41. The molecule has 1 aromatic carbocycles. The maximum atomic E-state index is 11.0. The van der Waals surface area contributed by atoms with E-state index >= 15 is 0 Å². The zero-order valence-electron chi connectivity index (χ0n) is 14.4. The summed E-state index contributed by atoms with van der Waals surface area (Å²) in [6.45, 7) is 2.30. The quantitative estimate of drug-likeness (QED) is 0.771. The summed E-state index contributed by atoms with van der Waals surface area (Å²) in [7, 11) is 1.69. The highest BCUT2D eigenvalue weighted by Crippen LogP contribution is 2.29. The average Bonchev–Trinajstić information content (AvgIpc) is 2.98. The van der Waals surface area contributed by atoms with E-state index in [9.17, 15) is 5.11 Å². The van der Waals surface area contributed by atoms with Gasteiger partial charge in [0.05, 0.1) is 36.0 Å². The molecule has 0 saturated carbocycles. The molecule has 0 radical (unpaired) electrons. The zero-order valence-corrected chi connectivity index (χ0v) is 14.4. The molecule has 0 aliphatic carbocycles. The van der Waals surface area contributed by atoms with Gasteiger partial charge < -0.3 is 19.1 Å². The van der Waals surface area contributed by atoms with Crippen molar-refractivity contribution in [2.24, 2.45) is 0 Å². The second kappa shape index (κ2) is 6.71. The van der Waals surface area contributed by atoms with E-state index in [1.807, 2.05) is 24.4 Å². The molecule has 1 fully saturated rings. The molecule has 4 rings (SSSR count). The van der Waals surface area contributed by atoms with Gasteiger partial charge in [0.25, 0.3) is 0 Å². The van der Waals surface area contributed by atoms with Crippen LogP contribution in [0.3, 0.4) is 0 Å². The van der Waals surface area contributed by atoms with E-state index in [0.717, 1.165) is 27.8 Å². The standard InChI is InChI=1S/C19H23N3O3/c1-24-9-6-17-21-16-12-20-15-5-3-2-4-14(15)18(16)22(17)13-19(23)7-10-25-11-8-19/h2-5,12,23H,6-11,13H2,1H3. The summed E-state index contributed by atoms with van der Waals surface area (Å²) in [5.74, 6) is 0.926. The number of methoxy groups -OCH3 is 1. The van der Waals surface area contributed by atoms with E-state index < -0.39 is 5.60 Å². The maximum Gasteiger partial charge on any atom is 0.112 e. The summed E-state index contributed by atoms with van der Waals surface area (Å²) < 4.78 is 12.8. The Hall–Kier alpha value is -2.02. The van der Waals surface area contributed by atoms with Crippen molar-refractivity contribution in [2.45, 2.75) is 31.4 Å². The SMILES string of the molecule is COCCc1nc2cnc3ccccc3c2n1CC1(O)CCOCC1. The summed E-state index contributed by atoms with van der Waals surface area (Å²) in [4.78, 5) is 9.29. The first kappa shape index (κ1) is 16.4. The molecule has 0 amide bonds. The predicted molar refractivity (Wildman–Crippen MR) is 95.6 cm³/mol.